The van der Waals surface area contributed by atoms with Crippen molar-refractivity contribution in [3.63, 3.8) is 0 Å². The Morgan fingerprint density at radius 1 is 1.43 bits per heavy atom. The molecule has 0 spiro atoms. The fraction of sp³-hybridized carbons (Fsp3) is 0.357. The van der Waals surface area contributed by atoms with Crippen molar-refractivity contribution in [3.8, 4) is 0 Å². The summed E-state index contributed by atoms with van der Waals surface area (Å²) in [4.78, 5) is 20.1. The number of hydrogen-bond donors (Lipinski definition) is 2. The normalized spacial score (nSPS) is 10.4. The Kier molecular flexibility index (Phi) is 5.57. The topological polar surface area (TPSA) is 71.8 Å². The molecule has 2 rings (SSSR count). The third-order valence-electron chi connectivity index (χ3n) is 2.85. The van der Waals surface area contributed by atoms with Gasteiger partial charge in [-0.15, -0.1) is 0 Å². The first kappa shape index (κ1) is 15.3. The van der Waals surface area contributed by atoms with Crippen LogP contribution in [0.3, 0.4) is 0 Å². The summed E-state index contributed by atoms with van der Waals surface area (Å²) < 4.78 is 1.97. The van der Waals surface area contributed by atoms with Crippen molar-refractivity contribution in [1.82, 2.24) is 19.9 Å². The second-order valence-corrected chi connectivity index (χ2v) is 4.89. The molecule has 21 heavy (non-hydrogen) atoms. The summed E-state index contributed by atoms with van der Waals surface area (Å²) in [7, 11) is 0. The molecule has 0 aliphatic rings. The standard InChI is InChI=1S/C14H18ClN5O/c1-2-17-13-9-11(8-12(15)19-13)14(21)18-4-3-6-20-7-5-16-10-20/h5,7-10H,2-4,6H2,1H3,(H,17,19)(H,18,21). The Balaban J connectivity index is 1.85. The lowest BCUT2D eigenvalue weighted by Gasteiger charge is -2.08. The highest BCUT2D eigenvalue weighted by Crippen LogP contribution is 2.14. The van der Waals surface area contributed by atoms with Crippen LogP contribution in [0, 0.1) is 0 Å². The molecule has 0 unspecified atom stereocenters. The van der Waals surface area contributed by atoms with E-state index in [9.17, 15) is 4.79 Å². The molecule has 0 saturated heterocycles. The van der Waals surface area contributed by atoms with Gasteiger partial charge in [-0.3, -0.25) is 4.79 Å². The minimum atomic E-state index is -0.149. The van der Waals surface area contributed by atoms with Crippen molar-refractivity contribution in [1.29, 1.82) is 0 Å². The van der Waals surface area contributed by atoms with E-state index in [0.29, 0.717) is 23.1 Å². The highest BCUT2D eigenvalue weighted by Gasteiger charge is 2.08. The molecule has 2 N–H and O–H groups in total. The highest BCUT2D eigenvalue weighted by atomic mass is 35.5. The zero-order valence-electron chi connectivity index (χ0n) is 11.8. The molecule has 0 aliphatic carbocycles. The third kappa shape index (κ3) is 4.75. The number of nitrogens with one attached hydrogen (secondary N) is 2. The highest BCUT2D eigenvalue weighted by molar-refractivity contribution is 6.29. The lowest BCUT2D eigenvalue weighted by Crippen LogP contribution is -2.25. The Labute approximate surface area is 128 Å². The van der Waals surface area contributed by atoms with Crippen molar-refractivity contribution in [2.75, 3.05) is 18.4 Å². The Morgan fingerprint density at radius 3 is 3.00 bits per heavy atom. The SMILES string of the molecule is CCNc1cc(C(=O)NCCCn2ccnc2)cc(Cl)n1. The van der Waals surface area contributed by atoms with Crippen LogP contribution in [0.25, 0.3) is 0 Å². The lowest BCUT2D eigenvalue weighted by molar-refractivity contribution is 0.0952. The van der Waals surface area contributed by atoms with E-state index >= 15 is 0 Å². The number of aromatic nitrogens is 3. The molecular formula is C14H18ClN5O. The molecule has 7 heteroatoms. The monoisotopic (exact) mass is 307 g/mol. The zero-order chi connectivity index (χ0) is 15.1. The molecular weight excluding hydrogens is 290 g/mol. The average molecular weight is 308 g/mol. The number of carbonyl (C=O) groups is 1. The van der Waals surface area contributed by atoms with Crippen molar-refractivity contribution >= 4 is 23.3 Å². The van der Waals surface area contributed by atoms with Gasteiger partial charge in [0.25, 0.3) is 5.91 Å². The fourth-order valence-electron chi connectivity index (χ4n) is 1.88. The lowest BCUT2D eigenvalue weighted by atomic mass is 10.2. The Bertz CT molecular complexity index is 585. The molecule has 2 aromatic heterocycles. The largest absolute Gasteiger partial charge is 0.370 e. The zero-order valence-corrected chi connectivity index (χ0v) is 12.6. The van der Waals surface area contributed by atoms with Crippen molar-refractivity contribution < 1.29 is 4.79 Å². The summed E-state index contributed by atoms with van der Waals surface area (Å²) >= 11 is 5.92. The van der Waals surface area contributed by atoms with E-state index in [4.69, 9.17) is 11.6 Å². The number of carbonyl (C=O) groups excluding carboxylic acids is 1. The maximum atomic E-state index is 12.1. The molecule has 0 atom stereocenters. The van der Waals surface area contributed by atoms with Gasteiger partial charge in [0.1, 0.15) is 11.0 Å². The summed E-state index contributed by atoms with van der Waals surface area (Å²) in [5.41, 5.74) is 0.508. The number of aryl methyl sites for hydroxylation is 1. The first-order chi connectivity index (χ1) is 10.2. The number of imidazole rings is 1. The van der Waals surface area contributed by atoms with E-state index < -0.39 is 0 Å². The molecule has 2 aromatic rings. The average Bonchev–Trinajstić information content (AvgIpc) is 2.96. The van der Waals surface area contributed by atoms with Gasteiger partial charge < -0.3 is 15.2 Å². The second-order valence-electron chi connectivity index (χ2n) is 4.50. The number of amides is 1. The molecule has 2 heterocycles. The van der Waals surface area contributed by atoms with Crippen molar-refractivity contribution in [3.05, 3.63) is 41.6 Å². The molecule has 0 radical (unpaired) electrons. The Morgan fingerprint density at radius 2 is 2.29 bits per heavy atom. The minimum Gasteiger partial charge on any atom is -0.370 e. The van der Waals surface area contributed by atoms with Crippen molar-refractivity contribution in [2.24, 2.45) is 0 Å². The van der Waals surface area contributed by atoms with E-state index in [2.05, 4.69) is 20.6 Å². The predicted octanol–water partition coefficient (Wildman–Crippen LogP) is 2.18. The first-order valence-electron chi connectivity index (χ1n) is 6.84. The van der Waals surface area contributed by atoms with E-state index in [-0.39, 0.29) is 5.91 Å². The molecule has 0 aliphatic heterocycles. The van der Waals surface area contributed by atoms with Gasteiger partial charge in [-0.05, 0) is 25.5 Å². The molecule has 0 fully saturated rings. The first-order valence-corrected chi connectivity index (χ1v) is 7.22. The van der Waals surface area contributed by atoms with Gasteiger partial charge in [0.05, 0.1) is 6.33 Å². The molecule has 0 aromatic carbocycles. The van der Waals surface area contributed by atoms with Gasteiger partial charge in [0.15, 0.2) is 0 Å². The summed E-state index contributed by atoms with van der Waals surface area (Å²) in [5.74, 6) is 0.456. The summed E-state index contributed by atoms with van der Waals surface area (Å²) in [6, 6.07) is 3.26. The van der Waals surface area contributed by atoms with Crippen molar-refractivity contribution in [2.45, 2.75) is 19.9 Å². The van der Waals surface area contributed by atoms with Gasteiger partial charge in [-0.25, -0.2) is 9.97 Å². The predicted molar refractivity (Wildman–Crippen MR) is 82.6 cm³/mol. The van der Waals surface area contributed by atoms with Crippen LogP contribution in [0.5, 0.6) is 0 Å². The summed E-state index contributed by atoms with van der Waals surface area (Å²) in [6.45, 7) is 4.09. The maximum absolute atomic E-state index is 12.1. The number of anilines is 1. The number of pyridine rings is 1. The summed E-state index contributed by atoms with van der Waals surface area (Å²) in [5, 5.41) is 6.22. The van der Waals surface area contributed by atoms with Gasteiger partial charge in [-0.2, -0.15) is 0 Å². The van der Waals surface area contributed by atoms with Gasteiger partial charge >= 0.3 is 0 Å². The molecule has 112 valence electrons. The minimum absolute atomic E-state index is 0.149. The number of nitrogens with zero attached hydrogens (tertiary/aromatic N) is 3. The van der Waals surface area contributed by atoms with E-state index in [0.717, 1.165) is 19.5 Å². The van der Waals surface area contributed by atoms with Gasteiger partial charge in [-0.1, -0.05) is 11.6 Å². The van der Waals surface area contributed by atoms with Crippen LogP contribution in [0.1, 0.15) is 23.7 Å². The van der Waals surface area contributed by atoms with E-state index in [1.54, 1.807) is 24.7 Å². The van der Waals surface area contributed by atoms with Crippen LogP contribution < -0.4 is 10.6 Å². The van der Waals surface area contributed by atoms with E-state index in [1.807, 2.05) is 17.7 Å². The van der Waals surface area contributed by atoms with Crippen LogP contribution in [0.2, 0.25) is 5.15 Å². The number of rotatable bonds is 7. The maximum Gasteiger partial charge on any atom is 0.251 e. The van der Waals surface area contributed by atoms with E-state index in [1.165, 1.54) is 0 Å². The molecule has 6 nitrogen and oxygen atoms in total. The number of hydrogen-bond acceptors (Lipinski definition) is 4. The molecule has 0 bridgehead atoms. The van der Waals surface area contributed by atoms with Crippen LogP contribution in [0.15, 0.2) is 30.9 Å². The third-order valence-corrected chi connectivity index (χ3v) is 3.05. The second kappa shape index (κ2) is 7.64. The van der Waals surface area contributed by atoms with Crippen LogP contribution in [-0.4, -0.2) is 33.5 Å². The molecule has 1 amide bonds. The number of halogens is 1. The van der Waals surface area contributed by atoms with Gasteiger partial charge in [0.2, 0.25) is 0 Å². The van der Waals surface area contributed by atoms with Crippen LogP contribution in [0.4, 0.5) is 5.82 Å². The van der Waals surface area contributed by atoms with Gasteiger partial charge in [0, 0.05) is 37.6 Å². The summed E-state index contributed by atoms with van der Waals surface area (Å²) in [6.07, 6.45) is 6.22. The quantitative estimate of drug-likeness (QED) is 0.607. The van der Waals surface area contributed by atoms with Crippen LogP contribution >= 0.6 is 11.6 Å². The fourth-order valence-corrected chi connectivity index (χ4v) is 2.09. The smallest absolute Gasteiger partial charge is 0.251 e. The molecule has 0 saturated carbocycles. The van der Waals surface area contributed by atoms with Crippen LogP contribution in [-0.2, 0) is 6.54 Å². The Hall–Kier alpha value is -2.08.